The summed E-state index contributed by atoms with van der Waals surface area (Å²) in [7, 11) is 0. The van der Waals surface area contributed by atoms with E-state index in [1.54, 1.807) is 0 Å². The van der Waals surface area contributed by atoms with Crippen molar-refractivity contribution in [1.82, 2.24) is 20.1 Å². The molecule has 2 aliphatic rings. The number of carbonyl (C=O) groups excluding carboxylic acids is 1. The van der Waals surface area contributed by atoms with Crippen LogP contribution in [-0.2, 0) is 24.2 Å². The molecule has 0 unspecified atom stereocenters. The van der Waals surface area contributed by atoms with Crippen LogP contribution in [0.5, 0.6) is 0 Å². The average Bonchev–Trinajstić information content (AvgIpc) is 3.38. The number of fused-ring (bicyclic) bond motifs is 1. The van der Waals surface area contributed by atoms with Crippen molar-refractivity contribution in [2.75, 3.05) is 5.75 Å². The molecule has 26 heavy (non-hydrogen) atoms. The minimum Gasteiger partial charge on any atom is -0.353 e. The molecule has 0 aromatic carbocycles. The van der Waals surface area contributed by atoms with Crippen molar-refractivity contribution in [2.24, 2.45) is 0 Å². The highest BCUT2D eigenvalue weighted by atomic mass is 32.2. The number of rotatable bonds is 6. The molecule has 5 nitrogen and oxygen atoms in total. The molecule has 7 heteroatoms. The largest absolute Gasteiger partial charge is 0.353 e. The maximum atomic E-state index is 12.2. The average molecular weight is 391 g/mol. The second-order valence-corrected chi connectivity index (χ2v) is 9.05. The number of thioether (sulfide) groups is 1. The molecule has 2 aliphatic carbocycles. The Balaban J connectivity index is 1.46. The monoisotopic (exact) mass is 390 g/mol. The van der Waals surface area contributed by atoms with Gasteiger partial charge in [-0.3, -0.25) is 4.79 Å². The number of amides is 1. The Kier molecular flexibility index (Phi) is 5.64. The molecule has 0 atom stereocenters. The normalized spacial score (nSPS) is 17.4. The summed E-state index contributed by atoms with van der Waals surface area (Å²) in [6, 6.07) is 0.375. The van der Waals surface area contributed by atoms with E-state index in [-0.39, 0.29) is 5.91 Å². The smallest absolute Gasteiger partial charge is 0.230 e. The SMILES string of the molecule is CCn1c(SCC(=O)NC2CCCC2)nnc1-c1csc2c1CCCC2. The van der Waals surface area contributed by atoms with Crippen LogP contribution >= 0.6 is 23.1 Å². The van der Waals surface area contributed by atoms with Crippen LogP contribution in [-0.4, -0.2) is 32.5 Å². The summed E-state index contributed by atoms with van der Waals surface area (Å²) < 4.78 is 2.16. The Morgan fingerprint density at radius 1 is 1.27 bits per heavy atom. The highest BCUT2D eigenvalue weighted by Crippen LogP contribution is 2.36. The first-order valence-electron chi connectivity index (χ1n) is 9.71. The Morgan fingerprint density at radius 3 is 2.88 bits per heavy atom. The molecule has 1 saturated carbocycles. The lowest BCUT2D eigenvalue weighted by molar-refractivity contribution is -0.119. The zero-order valence-electron chi connectivity index (χ0n) is 15.3. The van der Waals surface area contributed by atoms with Crippen molar-refractivity contribution in [2.45, 2.75) is 76.0 Å². The Labute approximate surface area is 163 Å². The van der Waals surface area contributed by atoms with E-state index in [0.717, 1.165) is 36.8 Å². The summed E-state index contributed by atoms with van der Waals surface area (Å²) in [4.78, 5) is 13.7. The molecule has 0 bridgehead atoms. The summed E-state index contributed by atoms with van der Waals surface area (Å²) in [5, 5.41) is 15.1. The number of aryl methyl sites for hydroxylation is 1. The van der Waals surface area contributed by atoms with E-state index in [4.69, 9.17) is 0 Å². The number of aromatic nitrogens is 3. The van der Waals surface area contributed by atoms with Gasteiger partial charge in [-0.25, -0.2) is 0 Å². The molecule has 0 spiro atoms. The maximum absolute atomic E-state index is 12.2. The fourth-order valence-corrected chi connectivity index (χ4v) is 5.97. The van der Waals surface area contributed by atoms with E-state index < -0.39 is 0 Å². The van der Waals surface area contributed by atoms with Gasteiger partial charge in [-0.1, -0.05) is 24.6 Å². The van der Waals surface area contributed by atoms with Crippen LogP contribution < -0.4 is 5.32 Å². The fraction of sp³-hybridized carbons (Fsp3) is 0.632. The summed E-state index contributed by atoms with van der Waals surface area (Å²) >= 11 is 3.36. The predicted molar refractivity (Wildman–Crippen MR) is 107 cm³/mol. The molecule has 0 saturated heterocycles. The van der Waals surface area contributed by atoms with Crippen LogP contribution in [0.2, 0.25) is 0 Å². The number of carbonyl (C=O) groups is 1. The van der Waals surface area contributed by atoms with Crippen molar-refractivity contribution in [3.8, 4) is 11.4 Å². The highest BCUT2D eigenvalue weighted by molar-refractivity contribution is 7.99. The second kappa shape index (κ2) is 8.13. The third-order valence-electron chi connectivity index (χ3n) is 5.39. The van der Waals surface area contributed by atoms with Crippen LogP contribution in [0.1, 0.15) is 55.9 Å². The lowest BCUT2D eigenvalue weighted by Crippen LogP contribution is -2.33. The minimum absolute atomic E-state index is 0.113. The first-order valence-corrected chi connectivity index (χ1v) is 11.6. The molecule has 1 amide bonds. The van der Waals surface area contributed by atoms with Gasteiger partial charge in [0.05, 0.1) is 5.75 Å². The van der Waals surface area contributed by atoms with Crippen LogP contribution in [0.25, 0.3) is 11.4 Å². The number of thiophene rings is 1. The van der Waals surface area contributed by atoms with Gasteiger partial charge in [-0.15, -0.1) is 21.5 Å². The van der Waals surface area contributed by atoms with E-state index in [1.165, 1.54) is 59.9 Å². The van der Waals surface area contributed by atoms with Crippen LogP contribution in [0.3, 0.4) is 0 Å². The Hall–Kier alpha value is -1.34. The van der Waals surface area contributed by atoms with E-state index in [1.807, 2.05) is 11.3 Å². The molecule has 140 valence electrons. The lowest BCUT2D eigenvalue weighted by Gasteiger charge is -2.13. The zero-order valence-corrected chi connectivity index (χ0v) is 16.9. The lowest BCUT2D eigenvalue weighted by atomic mass is 9.96. The summed E-state index contributed by atoms with van der Waals surface area (Å²) in [5.74, 6) is 1.49. The molecular weight excluding hydrogens is 364 g/mol. The molecular formula is C19H26N4OS2. The Morgan fingerprint density at radius 2 is 2.08 bits per heavy atom. The minimum atomic E-state index is 0.113. The van der Waals surface area contributed by atoms with Gasteiger partial charge < -0.3 is 9.88 Å². The third-order valence-corrected chi connectivity index (χ3v) is 7.44. The maximum Gasteiger partial charge on any atom is 0.230 e. The molecule has 0 aliphatic heterocycles. The quantitative estimate of drug-likeness (QED) is 0.756. The van der Waals surface area contributed by atoms with Crippen LogP contribution in [0, 0.1) is 0 Å². The topological polar surface area (TPSA) is 59.8 Å². The number of hydrogen-bond acceptors (Lipinski definition) is 5. The first kappa shape index (κ1) is 18.0. The van der Waals surface area contributed by atoms with E-state index >= 15 is 0 Å². The molecule has 2 aromatic rings. The van der Waals surface area contributed by atoms with Gasteiger partial charge in [0, 0.05) is 28.4 Å². The first-order chi connectivity index (χ1) is 12.8. The Bertz CT molecular complexity index is 777. The van der Waals surface area contributed by atoms with Crippen LogP contribution in [0.4, 0.5) is 0 Å². The van der Waals surface area contributed by atoms with Crippen LogP contribution in [0.15, 0.2) is 10.5 Å². The molecule has 1 N–H and O–H groups in total. The summed E-state index contributed by atoms with van der Waals surface area (Å²) in [6.07, 6.45) is 9.61. The van der Waals surface area contributed by atoms with E-state index in [0.29, 0.717) is 11.8 Å². The third kappa shape index (κ3) is 3.69. The zero-order chi connectivity index (χ0) is 17.9. The standard InChI is InChI=1S/C19H26N4OS2/c1-2-23-18(15-11-25-16-10-6-5-9-14(15)16)21-22-19(23)26-12-17(24)20-13-7-3-4-8-13/h11,13H,2-10,12H2,1H3,(H,20,24). The summed E-state index contributed by atoms with van der Waals surface area (Å²) in [5.41, 5.74) is 2.72. The van der Waals surface area contributed by atoms with Gasteiger partial charge in [0.1, 0.15) is 0 Å². The van der Waals surface area contributed by atoms with Gasteiger partial charge in [0.25, 0.3) is 0 Å². The molecule has 1 fully saturated rings. The van der Waals surface area contributed by atoms with Crippen molar-refractivity contribution in [3.63, 3.8) is 0 Å². The number of hydrogen-bond donors (Lipinski definition) is 1. The molecule has 4 rings (SSSR count). The van der Waals surface area contributed by atoms with Crippen molar-refractivity contribution < 1.29 is 4.79 Å². The van der Waals surface area contributed by atoms with E-state index in [9.17, 15) is 4.79 Å². The molecule has 2 heterocycles. The van der Waals surface area contributed by atoms with Gasteiger partial charge in [-0.05, 0) is 51.0 Å². The number of nitrogens with zero attached hydrogens (tertiary/aromatic N) is 3. The molecule has 2 aromatic heterocycles. The fourth-order valence-electron chi connectivity index (χ4n) is 4.03. The summed E-state index contributed by atoms with van der Waals surface area (Å²) in [6.45, 7) is 2.94. The van der Waals surface area contributed by atoms with Gasteiger partial charge >= 0.3 is 0 Å². The molecule has 0 radical (unpaired) electrons. The van der Waals surface area contributed by atoms with Crippen molar-refractivity contribution >= 4 is 29.0 Å². The predicted octanol–water partition coefficient (Wildman–Crippen LogP) is 4.06. The van der Waals surface area contributed by atoms with Gasteiger partial charge in [-0.2, -0.15) is 0 Å². The van der Waals surface area contributed by atoms with Crippen molar-refractivity contribution in [3.05, 3.63) is 15.8 Å². The second-order valence-electron chi connectivity index (χ2n) is 7.15. The van der Waals surface area contributed by atoms with E-state index in [2.05, 4.69) is 32.4 Å². The number of nitrogens with one attached hydrogen (secondary N) is 1. The van der Waals surface area contributed by atoms with Crippen molar-refractivity contribution in [1.29, 1.82) is 0 Å². The van der Waals surface area contributed by atoms with Gasteiger partial charge in [0.15, 0.2) is 11.0 Å². The highest BCUT2D eigenvalue weighted by Gasteiger charge is 2.22. The van der Waals surface area contributed by atoms with Gasteiger partial charge in [0.2, 0.25) is 5.91 Å².